The van der Waals surface area contributed by atoms with E-state index in [2.05, 4.69) is 5.32 Å². The predicted molar refractivity (Wildman–Crippen MR) is 70.6 cm³/mol. The van der Waals surface area contributed by atoms with E-state index in [1.54, 1.807) is 0 Å². The third-order valence-electron chi connectivity index (χ3n) is 3.49. The van der Waals surface area contributed by atoms with Crippen LogP contribution in [0.2, 0.25) is 0 Å². The van der Waals surface area contributed by atoms with E-state index in [0.717, 1.165) is 25.9 Å². The summed E-state index contributed by atoms with van der Waals surface area (Å²) in [4.78, 5) is 11.5. The molecule has 1 heterocycles. The van der Waals surface area contributed by atoms with Gasteiger partial charge in [-0.05, 0) is 37.8 Å². The molecule has 8 heteroatoms. The van der Waals surface area contributed by atoms with Gasteiger partial charge in [0.15, 0.2) is 0 Å². The average molecular weight is 321 g/mol. The summed E-state index contributed by atoms with van der Waals surface area (Å²) in [5.41, 5.74) is 0. The van der Waals surface area contributed by atoms with Gasteiger partial charge in [0.2, 0.25) is 5.91 Å². The van der Waals surface area contributed by atoms with Crippen molar-refractivity contribution in [2.24, 2.45) is 11.8 Å². The van der Waals surface area contributed by atoms with Gasteiger partial charge < -0.3 is 10.6 Å². The molecule has 2 atom stereocenters. The zero-order valence-electron chi connectivity index (χ0n) is 11.3. The van der Waals surface area contributed by atoms with E-state index in [1.165, 1.54) is 0 Å². The molecular formula is C12H21ClF4N2O. The molecule has 3 nitrogen and oxygen atoms in total. The highest BCUT2D eigenvalue weighted by Crippen LogP contribution is 2.23. The molecule has 1 aliphatic heterocycles. The van der Waals surface area contributed by atoms with Gasteiger partial charge in [0.25, 0.3) is 0 Å². The van der Waals surface area contributed by atoms with Crippen molar-refractivity contribution in [3.63, 3.8) is 0 Å². The summed E-state index contributed by atoms with van der Waals surface area (Å²) in [6.07, 6.45) is -1.65. The number of amides is 1. The van der Waals surface area contributed by atoms with Crippen LogP contribution in [0, 0.1) is 11.8 Å². The molecule has 0 aromatic rings. The minimum absolute atomic E-state index is 0. The normalized spacial score (nSPS) is 21.2. The summed E-state index contributed by atoms with van der Waals surface area (Å²) in [7, 11) is 0. The number of carbonyl (C=O) groups excluding carboxylic acids is 1. The smallest absolute Gasteiger partial charge is 0.324 e. The lowest BCUT2D eigenvalue weighted by molar-refractivity contribution is -0.137. The number of halogens is 5. The molecular weight excluding hydrogens is 300 g/mol. The molecule has 0 bridgehead atoms. The summed E-state index contributed by atoms with van der Waals surface area (Å²) in [6, 6.07) is 0. The van der Waals surface area contributed by atoms with Crippen molar-refractivity contribution < 1.29 is 22.4 Å². The summed E-state index contributed by atoms with van der Waals surface area (Å²) in [5.74, 6) is -4.38. The molecule has 1 fully saturated rings. The number of hydrogen-bond acceptors (Lipinski definition) is 2. The molecule has 0 saturated carbocycles. The second kappa shape index (κ2) is 8.67. The Bertz CT molecular complexity index is 299. The number of nitrogens with one attached hydrogen (secondary N) is 2. The lowest BCUT2D eigenvalue weighted by atomic mass is 9.85. The maximum Gasteiger partial charge on any atom is 0.324 e. The van der Waals surface area contributed by atoms with Crippen LogP contribution in [0.25, 0.3) is 0 Å². The highest BCUT2D eigenvalue weighted by atomic mass is 35.5. The zero-order chi connectivity index (χ0) is 14.5. The van der Waals surface area contributed by atoms with Gasteiger partial charge in [-0.2, -0.15) is 8.78 Å². The van der Waals surface area contributed by atoms with E-state index in [9.17, 15) is 22.4 Å². The predicted octanol–water partition coefficient (Wildman–Crippen LogP) is 2.45. The molecule has 20 heavy (non-hydrogen) atoms. The molecule has 0 aromatic carbocycles. The SMILES string of the molecule is CC(CC(=O)NCC(F)(F)C(F)F)C1CCCNC1.Cl. The van der Waals surface area contributed by atoms with Gasteiger partial charge in [-0.3, -0.25) is 4.79 Å². The Hall–Kier alpha value is -0.560. The Morgan fingerprint density at radius 2 is 2.10 bits per heavy atom. The van der Waals surface area contributed by atoms with Crippen LogP contribution in [0.15, 0.2) is 0 Å². The molecule has 120 valence electrons. The van der Waals surface area contributed by atoms with E-state index < -0.39 is 24.8 Å². The first-order valence-corrected chi connectivity index (χ1v) is 6.46. The number of rotatable bonds is 6. The standard InChI is InChI=1S/C12H20F4N2O.ClH/c1-8(9-3-2-4-17-6-9)5-10(19)18-7-12(15,16)11(13)14;/h8-9,11,17H,2-7H2,1H3,(H,18,19);1H. The van der Waals surface area contributed by atoms with Crippen LogP contribution in [-0.2, 0) is 4.79 Å². The highest BCUT2D eigenvalue weighted by molar-refractivity contribution is 5.85. The van der Waals surface area contributed by atoms with Gasteiger partial charge in [-0.15, -0.1) is 12.4 Å². The molecule has 0 radical (unpaired) electrons. The maximum atomic E-state index is 12.6. The average Bonchev–Trinajstić information content (AvgIpc) is 2.37. The van der Waals surface area contributed by atoms with Crippen molar-refractivity contribution in [2.45, 2.75) is 38.5 Å². The van der Waals surface area contributed by atoms with E-state index >= 15 is 0 Å². The number of alkyl halides is 4. The fraction of sp³-hybridized carbons (Fsp3) is 0.917. The van der Waals surface area contributed by atoms with Crippen molar-refractivity contribution >= 4 is 18.3 Å². The maximum absolute atomic E-state index is 12.6. The number of piperidine rings is 1. The number of hydrogen-bond donors (Lipinski definition) is 2. The second-order valence-corrected chi connectivity index (χ2v) is 5.13. The summed E-state index contributed by atoms with van der Waals surface area (Å²) in [6.45, 7) is 2.33. The van der Waals surface area contributed by atoms with Crippen molar-refractivity contribution in [3.05, 3.63) is 0 Å². The van der Waals surface area contributed by atoms with Gasteiger partial charge in [-0.25, -0.2) is 8.78 Å². The Balaban J connectivity index is 0.00000361. The molecule has 2 unspecified atom stereocenters. The summed E-state index contributed by atoms with van der Waals surface area (Å²) < 4.78 is 49.1. The molecule has 1 amide bonds. The van der Waals surface area contributed by atoms with Crippen molar-refractivity contribution in [2.75, 3.05) is 19.6 Å². The van der Waals surface area contributed by atoms with Crippen molar-refractivity contribution in [1.82, 2.24) is 10.6 Å². The molecule has 0 spiro atoms. The van der Waals surface area contributed by atoms with Gasteiger partial charge in [0.05, 0.1) is 6.54 Å². The molecule has 1 saturated heterocycles. The topological polar surface area (TPSA) is 41.1 Å². The first-order valence-electron chi connectivity index (χ1n) is 6.46. The van der Waals surface area contributed by atoms with Crippen molar-refractivity contribution in [3.8, 4) is 0 Å². The minimum Gasteiger partial charge on any atom is -0.350 e. The van der Waals surface area contributed by atoms with Crippen LogP contribution in [0.4, 0.5) is 17.6 Å². The first kappa shape index (κ1) is 19.4. The summed E-state index contributed by atoms with van der Waals surface area (Å²) in [5, 5.41) is 5.09. The van der Waals surface area contributed by atoms with Crippen molar-refractivity contribution in [1.29, 1.82) is 0 Å². The first-order chi connectivity index (χ1) is 8.83. The van der Waals surface area contributed by atoms with E-state index in [-0.39, 0.29) is 24.7 Å². The quantitative estimate of drug-likeness (QED) is 0.738. The number of carbonyl (C=O) groups is 1. The Kier molecular flexibility index (Phi) is 8.42. The summed E-state index contributed by atoms with van der Waals surface area (Å²) >= 11 is 0. The third-order valence-corrected chi connectivity index (χ3v) is 3.49. The molecule has 0 aliphatic carbocycles. The van der Waals surface area contributed by atoms with E-state index in [4.69, 9.17) is 0 Å². The molecule has 1 rings (SSSR count). The van der Waals surface area contributed by atoms with Crippen LogP contribution in [0.3, 0.4) is 0 Å². The Morgan fingerprint density at radius 3 is 2.60 bits per heavy atom. The van der Waals surface area contributed by atoms with Crippen LogP contribution in [0.5, 0.6) is 0 Å². The highest BCUT2D eigenvalue weighted by Gasteiger charge is 2.40. The van der Waals surface area contributed by atoms with Crippen LogP contribution >= 0.6 is 12.4 Å². The molecule has 1 aliphatic rings. The second-order valence-electron chi connectivity index (χ2n) is 5.13. The van der Waals surface area contributed by atoms with Gasteiger partial charge >= 0.3 is 12.3 Å². The fourth-order valence-electron chi connectivity index (χ4n) is 2.19. The molecule has 0 aromatic heterocycles. The molecule has 2 N–H and O–H groups in total. The van der Waals surface area contributed by atoms with Crippen LogP contribution < -0.4 is 10.6 Å². The third kappa shape index (κ3) is 6.26. The largest absolute Gasteiger partial charge is 0.350 e. The lowest BCUT2D eigenvalue weighted by Crippen LogP contribution is -2.42. The van der Waals surface area contributed by atoms with Gasteiger partial charge in [0.1, 0.15) is 0 Å². The Labute approximate surface area is 122 Å². The van der Waals surface area contributed by atoms with Gasteiger partial charge in [-0.1, -0.05) is 6.92 Å². The zero-order valence-corrected chi connectivity index (χ0v) is 12.1. The van der Waals surface area contributed by atoms with E-state index in [0.29, 0.717) is 5.92 Å². The lowest BCUT2D eigenvalue weighted by Gasteiger charge is -2.28. The van der Waals surface area contributed by atoms with Gasteiger partial charge in [0, 0.05) is 6.42 Å². The Morgan fingerprint density at radius 1 is 1.45 bits per heavy atom. The van der Waals surface area contributed by atoms with Crippen LogP contribution in [-0.4, -0.2) is 37.9 Å². The monoisotopic (exact) mass is 320 g/mol. The van der Waals surface area contributed by atoms with E-state index in [1.807, 2.05) is 12.2 Å². The fourth-order valence-corrected chi connectivity index (χ4v) is 2.19. The minimum atomic E-state index is -4.16. The van der Waals surface area contributed by atoms with Crippen LogP contribution in [0.1, 0.15) is 26.2 Å².